The average molecular weight is 469 g/mol. The normalized spacial score (nSPS) is 25.3. The number of allylic oxidation sites excluding steroid dienone is 1. The molecule has 1 saturated heterocycles. The van der Waals surface area contributed by atoms with Gasteiger partial charge in [-0.2, -0.15) is 0 Å². The highest BCUT2D eigenvalue weighted by Crippen LogP contribution is 2.47. The van der Waals surface area contributed by atoms with Crippen molar-refractivity contribution in [1.82, 2.24) is 10.3 Å². The van der Waals surface area contributed by atoms with E-state index in [0.29, 0.717) is 0 Å². The van der Waals surface area contributed by atoms with E-state index in [0.717, 1.165) is 23.1 Å². The van der Waals surface area contributed by atoms with E-state index in [-0.39, 0.29) is 22.2 Å². The first kappa shape index (κ1) is 22.4. The highest BCUT2D eigenvalue weighted by Gasteiger charge is 2.65. The van der Waals surface area contributed by atoms with Crippen LogP contribution in [0.15, 0.2) is 34.5 Å². The van der Waals surface area contributed by atoms with E-state index in [1.165, 1.54) is 11.5 Å². The fourth-order valence-corrected chi connectivity index (χ4v) is 4.96. The van der Waals surface area contributed by atoms with Gasteiger partial charge >= 0.3 is 17.8 Å². The number of rotatable bonds is 8. The largest absolute Gasteiger partial charge is 0.619 e. The Hall–Kier alpha value is -3.27. The van der Waals surface area contributed by atoms with Crippen molar-refractivity contribution < 1.29 is 38.9 Å². The number of nitrogen functional groups attached to an aromatic ring is 1. The number of quaternary nitrogens is 1. The van der Waals surface area contributed by atoms with Gasteiger partial charge in [0, 0.05) is 16.7 Å². The van der Waals surface area contributed by atoms with Crippen molar-refractivity contribution in [3.05, 3.63) is 40.2 Å². The topological polar surface area (TPSA) is 204 Å². The summed E-state index contributed by atoms with van der Waals surface area (Å²) in [5, 5.41) is 37.3. The molecule has 0 radical (unpaired) electrons. The standard InChI is InChI=1S/C16H15N5O8S2/c1-2-6-4-30-14-10(13(25)21(14,28)11(6)15(26)27)19-12(24)9(20-29-3-8(22)23)7-5-31-16(17)18-7/h2,5,10,14H,1,3-4H2,(H2,17,18)(H,19,24)(H,22,23)(H,26,27)/b20-9-/t10-,14-,21?/m1/s1. The Bertz CT molecular complexity index is 1050. The van der Waals surface area contributed by atoms with Gasteiger partial charge in [-0.1, -0.05) is 29.6 Å². The van der Waals surface area contributed by atoms with Crippen molar-refractivity contribution in [2.75, 3.05) is 18.1 Å². The third-order valence-corrected chi connectivity index (χ3v) is 6.40. The van der Waals surface area contributed by atoms with Crippen molar-refractivity contribution in [2.24, 2.45) is 5.16 Å². The number of carbonyl (C=O) groups is 4. The van der Waals surface area contributed by atoms with E-state index in [9.17, 15) is 29.5 Å². The van der Waals surface area contributed by atoms with Crippen molar-refractivity contribution in [1.29, 1.82) is 0 Å². The third kappa shape index (κ3) is 3.90. The number of thiazole rings is 1. The van der Waals surface area contributed by atoms with E-state index in [2.05, 4.69) is 26.9 Å². The fraction of sp³-hybridized carbons (Fsp3) is 0.250. The summed E-state index contributed by atoms with van der Waals surface area (Å²) >= 11 is 1.98. The molecule has 1 aromatic rings. The van der Waals surface area contributed by atoms with E-state index in [1.807, 2.05) is 0 Å². The smallest absolute Gasteiger partial charge is 0.391 e. The monoisotopic (exact) mass is 469 g/mol. The first-order valence-corrected chi connectivity index (χ1v) is 10.3. The lowest BCUT2D eigenvalue weighted by Gasteiger charge is -2.57. The predicted octanol–water partition coefficient (Wildman–Crippen LogP) is -0.532. The van der Waals surface area contributed by atoms with Crippen LogP contribution in [0.1, 0.15) is 5.69 Å². The number of β-lactam (4-membered cyclic amide) rings is 1. The number of nitrogens with zero attached hydrogens (tertiary/aromatic N) is 3. The Morgan fingerprint density at radius 2 is 2.19 bits per heavy atom. The van der Waals surface area contributed by atoms with Crippen LogP contribution < -0.4 is 11.1 Å². The number of hydrogen-bond donors (Lipinski definition) is 4. The summed E-state index contributed by atoms with van der Waals surface area (Å²) in [4.78, 5) is 56.0. The number of hydrogen-bond acceptors (Lipinski definition) is 11. The molecule has 2 aliphatic heterocycles. The number of thioether (sulfide) groups is 1. The predicted molar refractivity (Wildman–Crippen MR) is 108 cm³/mol. The minimum Gasteiger partial charge on any atom is -0.619 e. The molecule has 31 heavy (non-hydrogen) atoms. The number of oxime groups is 1. The summed E-state index contributed by atoms with van der Waals surface area (Å²) in [6, 6.07) is -1.31. The molecule has 164 valence electrons. The Morgan fingerprint density at radius 1 is 1.48 bits per heavy atom. The maximum absolute atomic E-state index is 13.1. The second-order valence-corrected chi connectivity index (χ2v) is 8.20. The molecule has 0 spiro atoms. The van der Waals surface area contributed by atoms with Gasteiger partial charge in [0.2, 0.25) is 18.3 Å². The number of hydroxylamine groups is 3. The molecule has 15 heteroatoms. The number of carboxylic acid groups (broad SMARTS) is 2. The Morgan fingerprint density at radius 3 is 2.74 bits per heavy atom. The molecule has 13 nitrogen and oxygen atoms in total. The van der Waals surface area contributed by atoms with Crippen molar-refractivity contribution in [3.63, 3.8) is 0 Å². The number of fused-ring (bicyclic) bond motifs is 1. The Balaban J connectivity index is 1.85. The molecule has 1 unspecified atom stereocenters. The zero-order valence-corrected chi connectivity index (χ0v) is 17.1. The zero-order valence-electron chi connectivity index (χ0n) is 15.5. The van der Waals surface area contributed by atoms with Gasteiger partial charge in [0.1, 0.15) is 5.69 Å². The molecule has 0 aromatic carbocycles. The highest BCUT2D eigenvalue weighted by atomic mass is 32.2. The van der Waals surface area contributed by atoms with Crippen LogP contribution in [0.2, 0.25) is 0 Å². The van der Waals surface area contributed by atoms with Crippen LogP contribution in [0, 0.1) is 5.21 Å². The molecule has 0 saturated carbocycles. The summed E-state index contributed by atoms with van der Waals surface area (Å²) < 4.78 is -1.74. The maximum Gasteiger partial charge on any atom is 0.391 e. The second-order valence-electron chi connectivity index (χ2n) is 6.21. The summed E-state index contributed by atoms with van der Waals surface area (Å²) in [6.07, 6.45) is 1.21. The Kier molecular flexibility index (Phi) is 6.12. The number of anilines is 1. The molecular weight excluding hydrogens is 454 g/mol. The number of nitrogens with one attached hydrogen (secondary N) is 1. The number of amides is 2. The van der Waals surface area contributed by atoms with Crippen LogP contribution in [0.4, 0.5) is 5.13 Å². The van der Waals surface area contributed by atoms with Gasteiger partial charge in [0.05, 0.1) is 0 Å². The number of aromatic nitrogens is 1. The van der Waals surface area contributed by atoms with Gasteiger partial charge in [0.25, 0.3) is 5.91 Å². The fourth-order valence-electron chi connectivity index (χ4n) is 3.01. The number of carboxylic acids is 2. The molecule has 0 aliphatic carbocycles. The molecule has 2 amide bonds. The summed E-state index contributed by atoms with van der Waals surface area (Å²) in [5.74, 6) is -4.82. The molecule has 1 aromatic heterocycles. The molecule has 5 N–H and O–H groups in total. The quantitative estimate of drug-likeness (QED) is 0.125. The highest BCUT2D eigenvalue weighted by molar-refractivity contribution is 8.00. The van der Waals surface area contributed by atoms with Crippen LogP contribution in [0.5, 0.6) is 0 Å². The van der Waals surface area contributed by atoms with Gasteiger partial charge in [-0.15, -0.1) is 11.3 Å². The third-order valence-electron chi connectivity index (χ3n) is 4.34. The first-order chi connectivity index (χ1) is 14.6. The molecular formula is C16H15N5O8S2. The van der Waals surface area contributed by atoms with Crippen LogP contribution >= 0.6 is 23.1 Å². The minimum absolute atomic E-state index is 0.0311. The van der Waals surface area contributed by atoms with Crippen LogP contribution in [-0.4, -0.2) is 73.1 Å². The molecule has 0 bridgehead atoms. The van der Waals surface area contributed by atoms with Crippen molar-refractivity contribution >= 4 is 57.7 Å². The first-order valence-electron chi connectivity index (χ1n) is 8.40. The SMILES string of the molecule is C=CC1=C(C(=O)O)[N+]2([O-])C(=O)[C@@H](NC(=O)/C(=N\OCC(=O)O)c3csc(N)n3)[C@H]2SC1. The summed E-state index contributed by atoms with van der Waals surface area (Å²) in [7, 11) is 0. The van der Waals surface area contributed by atoms with Gasteiger partial charge in [-0.25, -0.2) is 24.0 Å². The van der Waals surface area contributed by atoms with E-state index >= 15 is 0 Å². The number of carbonyl (C=O) groups excluding carboxylic acids is 2. The lowest BCUT2D eigenvalue weighted by Crippen LogP contribution is -2.79. The molecule has 3 heterocycles. The molecule has 3 rings (SSSR count). The zero-order chi connectivity index (χ0) is 22.9. The minimum atomic E-state index is -1.74. The lowest BCUT2D eigenvalue weighted by molar-refractivity contribution is -0.805. The van der Waals surface area contributed by atoms with E-state index in [4.69, 9.17) is 10.8 Å². The van der Waals surface area contributed by atoms with Crippen LogP contribution in [-0.2, 0) is 24.0 Å². The molecule has 3 atom stereocenters. The van der Waals surface area contributed by atoms with Crippen LogP contribution in [0.25, 0.3) is 0 Å². The number of aliphatic carboxylic acids is 2. The summed E-state index contributed by atoms with van der Waals surface area (Å²) in [5.41, 5.74) is 4.54. The van der Waals surface area contributed by atoms with E-state index < -0.39 is 57.8 Å². The van der Waals surface area contributed by atoms with Gasteiger partial charge < -0.3 is 31.3 Å². The van der Waals surface area contributed by atoms with Gasteiger partial charge in [0.15, 0.2) is 16.2 Å². The Labute approximate surface area is 182 Å². The van der Waals surface area contributed by atoms with Gasteiger partial charge in [-0.05, 0) is 0 Å². The number of nitrogens with two attached hydrogens (primary N) is 1. The lowest BCUT2D eigenvalue weighted by atomic mass is 10.0. The van der Waals surface area contributed by atoms with Crippen molar-refractivity contribution in [3.8, 4) is 0 Å². The van der Waals surface area contributed by atoms with Crippen LogP contribution in [0.3, 0.4) is 0 Å². The summed E-state index contributed by atoms with van der Waals surface area (Å²) in [6.45, 7) is 2.63. The second kappa shape index (κ2) is 8.46. The average Bonchev–Trinajstić information content (AvgIpc) is 3.14. The maximum atomic E-state index is 13.1. The van der Waals surface area contributed by atoms with Gasteiger partial charge in [-0.3, -0.25) is 4.79 Å². The molecule has 2 aliphatic rings. The van der Waals surface area contributed by atoms with E-state index in [1.54, 1.807) is 0 Å². The van der Waals surface area contributed by atoms with Crippen molar-refractivity contribution in [2.45, 2.75) is 11.4 Å². The molecule has 1 fully saturated rings.